The zero-order chi connectivity index (χ0) is 13.5. The van der Waals surface area contributed by atoms with Crippen LogP contribution in [0.4, 0.5) is 0 Å². The first kappa shape index (κ1) is 13.8. The fourth-order valence-corrected chi connectivity index (χ4v) is 5.42. The zero-order valence-corrected chi connectivity index (χ0v) is 11.7. The first-order valence-corrected chi connectivity index (χ1v) is 8.16. The molecule has 0 aromatic heterocycles. The molecule has 2 rings (SSSR count). The number of aliphatic carboxylic acids is 1. The maximum absolute atomic E-state index is 12.3. The fraction of sp³-hybridized carbons (Fsp3) is 0.917. The van der Waals surface area contributed by atoms with Gasteiger partial charge in [0.25, 0.3) is 0 Å². The molecule has 0 aromatic carbocycles. The standard InChI is InChI=1S/C12H21NO4S/c1-8(2)7-18(16,17)13-6-9-4-3-5-10(9)11(13)12(14)15/h8-11H,3-7H2,1-2H3,(H,14,15). The van der Waals surface area contributed by atoms with E-state index in [2.05, 4.69) is 0 Å². The monoisotopic (exact) mass is 275 g/mol. The first-order chi connectivity index (χ1) is 8.33. The minimum absolute atomic E-state index is 0.0180. The van der Waals surface area contributed by atoms with Gasteiger partial charge >= 0.3 is 5.97 Å². The Bertz CT molecular complexity index is 431. The molecular formula is C12H21NO4S. The van der Waals surface area contributed by atoms with E-state index in [-0.39, 0.29) is 23.5 Å². The summed E-state index contributed by atoms with van der Waals surface area (Å²) in [6.07, 6.45) is 2.83. The highest BCUT2D eigenvalue weighted by Crippen LogP contribution is 2.43. The van der Waals surface area contributed by atoms with Crippen LogP contribution in [-0.2, 0) is 14.8 Å². The van der Waals surface area contributed by atoms with Crippen LogP contribution >= 0.6 is 0 Å². The second-order valence-electron chi connectivity index (χ2n) is 5.88. The van der Waals surface area contributed by atoms with Crippen molar-refractivity contribution in [2.75, 3.05) is 12.3 Å². The minimum atomic E-state index is -3.44. The lowest BCUT2D eigenvalue weighted by molar-refractivity contribution is -0.142. The molecule has 0 amide bonds. The van der Waals surface area contributed by atoms with Crippen molar-refractivity contribution in [3.05, 3.63) is 0 Å². The molecule has 1 saturated heterocycles. The first-order valence-electron chi connectivity index (χ1n) is 6.55. The van der Waals surface area contributed by atoms with Crippen LogP contribution in [0.3, 0.4) is 0 Å². The van der Waals surface area contributed by atoms with E-state index < -0.39 is 22.0 Å². The Morgan fingerprint density at radius 2 is 2.06 bits per heavy atom. The Hall–Kier alpha value is -0.620. The van der Waals surface area contributed by atoms with Gasteiger partial charge in [-0.25, -0.2) is 8.42 Å². The second kappa shape index (κ2) is 4.81. The molecule has 2 aliphatic rings. The number of rotatable bonds is 4. The summed E-state index contributed by atoms with van der Waals surface area (Å²) in [4.78, 5) is 11.4. The third-order valence-corrected chi connectivity index (χ3v) is 6.18. The van der Waals surface area contributed by atoms with E-state index in [4.69, 9.17) is 0 Å². The minimum Gasteiger partial charge on any atom is -0.480 e. The van der Waals surface area contributed by atoms with Crippen molar-refractivity contribution in [1.29, 1.82) is 0 Å². The van der Waals surface area contributed by atoms with Gasteiger partial charge in [0.05, 0.1) is 5.75 Å². The summed E-state index contributed by atoms with van der Waals surface area (Å²) >= 11 is 0. The molecule has 2 fully saturated rings. The molecule has 3 unspecified atom stereocenters. The third-order valence-electron chi connectivity index (χ3n) is 4.00. The summed E-state index contributed by atoms with van der Waals surface area (Å²) in [5, 5.41) is 9.32. The van der Waals surface area contributed by atoms with Gasteiger partial charge in [-0.2, -0.15) is 4.31 Å². The Balaban J connectivity index is 2.25. The largest absolute Gasteiger partial charge is 0.480 e. The van der Waals surface area contributed by atoms with Crippen LogP contribution in [0, 0.1) is 17.8 Å². The number of carboxylic acids is 1. The summed E-state index contributed by atoms with van der Waals surface area (Å²) < 4.78 is 25.8. The van der Waals surface area contributed by atoms with Gasteiger partial charge in [0.15, 0.2) is 0 Å². The molecule has 1 aliphatic heterocycles. The van der Waals surface area contributed by atoms with Crippen molar-refractivity contribution in [3.63, 3.8) is 0 Å². The molecular weight excluding hydrogens is 254 g/mol. The summed E-state index contributed by atoms with van der Waals surface area (Å²) in [6.45, 7) is 4.07. The Morgan fingerprint density at radius 1 is 1.39 bits per heavy atom. The average Bonchev–Trinajstić information content (AvgIpc) is 2.71. The number of hydrogen-bond acceptors (Lipinski definition) is 3. The van der Waals surface area contributed by atoms with Gasteiger partial charge in [-0.3, -0.25) is 4.79 Å². The highest BCUT2D eigenvalue weighted by Gasteiger charge is 2.51. The lowest BCUT2D eigenvalue weighted by Crippen LogP contribution is -2.44. The molecule has 0 radical (unpaired) electrons. The van der Waals surface area contributed by atoms with E-state index in [1.807, 2.05) is 13.8 Å². The highest BCUT2D eigenvalue weighted by atomic mass is 32.2. The summed E-state index contributed by atoms with van der Waals surface area (Å²) in [5.41, 5.74) is 0. The van der Waals surface area contributed by atoms with Crippen molar-refractivity contribution in [1.82, 2.24) is 4.31 Å². The Morgan fingerprint density at radius 3 is 2.61 bits per heavy atom. The van der Waals surface area contributed by atoms with Crippen LogP contribution < -0.4 is 0 Å². The highest BCUT2D eigenvalue weighted by molar-refractivity contribution is 7.89. The van der Waals surface area contributed by atoms with Crippen LogP contribution in [-0.4, -0.2) is 42.1 Å². The fourth-order valence-electron chi connectivity index (χ4n) is 3.38. The Kier molecular flexibility index (Phi) is 3.69. The van der Waals surface area contributed by atoms with E-state index >= 15 is 0 Å². The maximum Gasteiger partial charge on any atom is 0.322 e. The van der Waals surface area contributed by atoms with E-state index in [0.29, 0.717) is 6.54 Å². The number of nitrogens with zero attached hydrogens (tertiary/aromatic N) is 1. The summed E-state index contributed by atoms with van der Waals surface area (Å²) in [5.74, 6) is -0.671. The predicted octanol–water partition coefficient (Wildman–Crippen LogP) is 1.16. The SMILES string of the molecule is CC(C)CS(=O)(=O)N1CC2CCCC2C1C(=O)O. The van der Waals surface area contributed by atoms with E-state index in [1.54, 1.807) is 0 Å². The van der Waals surface area contributed by atoms with E-state index in [1.165, 1.54) is 4.31 Å². The molecule has 1 saturated carbocycles. The van der Waals surface area contributed by atoms with Crippen molar-refractivity contribution >= 4 is 16.0 Å². The van der Waals surface area contributed by atoms with Gasteiger partial charge in [-0.05, 0) is 30.6 Å². The van der Waals surface area contributed by atoms with Gasteiger partial charge in [0.1, 0.15) is 6.04 Å². The summed E-state index contributed by atoms with van der Waals surface area (Å²) in [7, 11) is -3.44. The third kappa shape index (κ3) is 2.40. The van der Waals surface area contributed by atoms with Crippen molar-refractivity contribution in [3.8, 4) is 0 Å². The van der Waals surface area contributed by atoms with Gasteiger partial charge in [0.2, 0.25) is 10.0 Å². The predicted molar refractivity (Wildman–Crippen MR) is 67.6 cm³/mol. The molecule has 1 aliphatic carbocycles. The molecule has 3 atom stereocenters. The van der Waals surface area contributed by atoms with Crippen molar-refractivity contribution in [2.45, 2.75) is 39.2 Å². The van der Waals surface area contributed by atoms with Crippen LogP contribution in [0.5, 0.6) is 0 Å². The number of fused-ring (bicyclic) bond motifs is 1. The number of carbonyl (C=O) groups is 1. The van der Waals surface area contributed by atoms with Crippen molar-refractivity contribution < 1.29 is 18.3 Å². The molecule has 0 spiro atoms. The molecule has 0 bridgehead atoms. The molecule has 0 aromatic rings. The molecule has 5 nitrogen and oxygen atoms in total. The van der Waals surface area contributed by atoms with E-state index in [9.17, 15) is 18.3 Å². The van der Waals surface area contributed by atoms with Crippen LogP contribution in [0.15, 0.2) is 0 Å². The second-order valence-corrected chi connectivity index (χ2v) is 7.85. The van der Waals surface area contributed by atoms with Crippen LogP contribution in [0.1, 0.15) is 33.1 Å². The number of sulfonamides is 1. The van der Waals surface area contributed by atoms with Gasteiger partial charge in [-0.15, -0.1) is 0 Å². The smallest absolute Gasteiger partial charge is 0.322 e. The summed E-state index contributed by atoms with van der Waals surface area (Å²) in [6, 6.07) is -0.832. The molecule has 1 N–H and O–H groups in total. The zero-order valence-electron chi connectivity index (χ0n) is 10.9. The van der Waals surface area contributed by atoms with Gasteiger partial charge in [-0.1, -0.05) is 20.3 Å². The van der Waals surface area contributed by atoms with Crippen molar-refractivity contribution in [2.24, 2.45) is 17.8 Å². The molecule has 104 valence electrons. The van der Waals surface area contributed by atoms with Crippen LogP contribution in [0.25, 0.3) is 0 Å². The number of hydrogen-bond donors (Lipinski definition) is 1. The normalized spacial score (nSPS) is 32.9. The molecule has 6 heteroatoms. The van der Waals surface area contributed by atoms with Crippen LogP contribution in [0.2, 0.25) is 0 Å². The molecule has 1 heterocycles. The molecule has 18 heavy (non-hydrogen) atoms. The maximum atomic E-state index is 12.3. The number of carboxylic acid groups (broad SMARTS) is 1. The Labute approximate surface area is 108 Å². The quantitative estimate of drug-likeness (QED) is 0.835. The topological polar surface area (TPSA) is 74.7 Å². The van der Waals surface area contributed by atoms with Gasteiger partial charge < -0.3 is 5.11 Å². The lowest BCUT2D eigenvalue weighted by atomic mass is 9.94. The average molecular weight is 275 g/mol. The van der Waals surface area contributed by atoms with E-state index in [0.717, 1.165) is 19.3 Å². The van der Waals surface area contributed by atoms with Gasteiger partial charge in [0, 0.05) is 6.54 Å². The lowest BCUT2D eigenvalue weighted by Gasteiger charge is -2.24.